The first-order valence-corrected chi connectivity index (χ1v) is 12.5. The molecule has 1 unspecified atom stereocenters. The van der Waals surface area contributed by atoms with Gasteiger partial charge in [-0.1, -0.05) is 12.1 Å². The van der Waals surface area contributed by atoms with E-state index in [9.17, 15) is 23.2 Å². The minimum absolute atomic E-state index is 0.0165. The molecule has 0 bridgehead atoms. The summed E-state index contributed by atoms with van der Waals surface area (Å²) in [5.74, 6) is -2.68. The number of ether oxygens (including phenoxy) is 1. The molecule has 0 spiro atoms. The number of carbonyl (C=O) groups excluding carboxylic acids is 3. The zero-order valence-electron chi connectivity index (χ0n) is 20.8. The quantitative estimate of drug-likeness (QED) is 0.617. The number of halogens is 2. The third-order valence-corrected chi connectivity index (χ3v) is 6.95. The lowest BCUT2D eigenvalue weighted by Crippen LogP contribution is -2.64. The van der Waals surface area contributed by atoms with Gasteiger partial charge in [0.05, 0.1) is 13.5 Å². The summed E-state index contributed by atoms with van der Waals surface area (Å²) >= 11 is 0. The lowest BCUT2D eigenvalue weighted by Gasteiger charge is -2.43. The highest BCUT2D eigenvalue weighted by Crippen LogP contribution is 2.23. The van der Waals surface area contributed by atoms with Crippen LogP contribution in [0.2, 0.25) is 0 Å². The Labute approximate surface area is 214 Å². The molecule has 2 aromatic rings. The van der Waals surface area contributed by atoms with Crippen molar-refractivity contribution in [1.82, 2.24) is 15.1 Å². The first-order valence-electron chi connectivity index (χ1n) is 12.5. The van der Waals surface area contributed by atoms with Gasteiger partial charge in [-0.15, -0.1) is 0 Å². The molecule has 0 radical (unpaired) electrons. The van der Waals surface area contributed by atoms with Gasteiger partial charge in [-0.2, -0.15) is 0 Å². The standard InChI is InChI=1S/C27H32F2N4O4/c1-37-23-9-3-17(4-10-23)13-24(34)32-11-2-12-33(27(36)18-14-19(28)16-20(29)15-18)26(32)25(35)31-22-7-5-21(30)6-8-22/h3-4,9-10,14-16,21-22,26H,2,5-8,11-13,30H2,1H3,(H,31,35). The van der Waals surface area contributed by atoms with Gasteiger partial charge in [0.1, 0.15) is 17.4 Å². The van der Waals surface area contributed by atoms with E-state index in [4.69, 9.17) is 10.5 Å². The van der Waals surface area contributed by atoms with Crippen molar-refractivity contribution in [3.05, 3.63) is 65.2 Å². The molecule has 37 heavy (non-hydrogen) atoms. The molecule has 0 aromatic heterocycles. The second-order valence-corrected chi connectivity index (χ2v) is 9.62. The molecule has 4 rings (SSSR count). The van der Waals surface area contributed by atoms with E-state index in [2.05, 4.69) is 5.32 Å². The normalized spacial score (nSPS) is 21.9. The summed E-state index contributed by atoms with van der Waals surface area (Å²) in [5.41, 5.74) is 6.49. The third-order valence-electron chi connectivity index (χ3n) is 6.95. The Morgan fingerprint density at radius 1 is 0.973 bits per heavy atom. The van der Waals surface area contributed by atoms with Crippen LogP contribution in [0.15, 0.2) is 42.5 Å². The van der Waals surface area contributed by atoms with Crippen LogP contribution in [-0.2, 0) is 16.0 Å². The molecular weight excluding hydrogens is 482 g/mol. The van der Waals surface area contributed by atoms with Crippen LogP contribution < -0.4 is 15.8 Å². The van der Waals surface area contributed by atoms with Crippen LogP contribution in [0, 0.1) is 11.6 Å². The number of hydrogen-bond acceptors (Lipinski definition) is 5. The molecule has 10 heteroatoms. The van der Waals surface area contributed by atoms with Crippen molar-refractivity contribution in [3.63, 3.8) is 0 Å². The summed E-state index contributed by atoms with van der Waals surface area (Å²) in [7, 11) is 1.55. The van der Waals surface area contributed by atoms with Gasteiger partial charge in [-0.25, -0.2) is 8.78 Å². The number of benzene rings is 2. The number of amides is 3. The highest BCUT2D eigenvalue weighted by Gasteiger charge is 2.41. The average Bonchev–Trinajstić information content (AvgIpc) is 2.89. The lowest BCUT2D eigenvalue weighted by atomic mass is 9.91. The summed E-state index contributed by atoms with van der Waals surface area (Å²) in [4.78, 5) is 43.0. The Morgan fingerprint density at radius 3 is 2.22 bits per heavy atom. The molecule has 1 heterocycles. The number of nitrogens with two attached hydrogens (primary N) is 1. The van der Waals surface area contributed by atoms with Crippen LogP contribution in [-0.4, -0.2) is 66.0 Å². The zero-order chi connectivity index (χ0) is 26.5. The van der Waals surface area contributed by atoms with E-state index in [1.54, 1.807) is 31.4 Å². The topological polar surface area (TPSA) is 105 Å². The van der Waals surface area contributed by atoms with Crippen LogP contribution in [0.4, 0.5) is 8.78 Å². The van der Waals surface area contributed by atoms with Gasteiger partial charge in [-0.3, -0.25) is 14.4 Å². The Morgan fingerprint density at radius 2 is 1.59 bits per heavy atom. The molecule has 1 saturated heterocycles. The Hall–Kier alpha value is -3.53. The van der Waals surface area contributed by atoms with E-state index in [1.807, 2.05) is 0 Å². The van der Waals surface area contributed by atoms with E-state index < -0.39 is 29.6 Å². The van der Waals surface area contributed by atoms with Crippen molar-refractivity contribution in [3.8, 4) is 5.75 Å². The molecular formula is C27H32F2N4O4. The van der Waals surface area contributed by atoms with Crippen molar-refractivity contribution in [2.75, 3.05) is 20.2 Å². The minimum Gasteiger partial charge on any atom is -0.497 e. The third kappa shape index (κ3) is 6.43. The van der Waals surface area contributed by atoms with Crippen LogP contribution in [0.25, 0.3) is 0 Å². The van der Waals surface area contributed by atoms with Crippen molar-refractivity contribution in [1.29, 1.82) is 0 Å². The first kappa shape index (κ1) is 26.5. The Kier molecular flexibility index (Phi) is 8.38. The molecule has 1 aliphatic carbocycles. The molecule has 2 aliphatic rings. The van der Waals surface area contributed by atoms with Gasteiger partial charge in [-0.05, 0) is 61.9 Å². The maximum atomic E-state index is 13.9. The van der Waals surface area contributed by atoms with E-state index >= 15 is 0 Å². The highest BCUT2D eigenvalue weighted by atomic mass is 19.1. The van der Waals surface area contributed by atoms with Gasteiger partial charge >= 0.3 is 0 Å². The monoisotopic (exact) mass is 514 g/mol. The molecule has 3 N–H and O–H groups in total. The number of carbonyl (C=O) groups is 3. The molecule has 2 fully saturated rings. The minimum atomic E-state index is -1.24. The van der Waals surface area contributed by atoms with Gasteiger partial charge in [0, 0.05) is 36.8 Å². The van der Waals surface area contributed by atoms with E-state index in [1.165, 1.54) is 9.80 Å². The molecule has 198 valence electrons. The summed E-state index contributed by atoms with van der Waals surface area (Å²) in [5, 5.41) is 2.99. The summed E-state index contributed by atoms with van der Waals surface area (Å²) < 4.78 is 32.9. The summed E-state index contributed by atoms with van der Waals surface area (Å²) in [6, 6.07) is 9.51. The van der Waals surface area contributed by atoms with Gasteiger partial charge in [0.25, 0.3) is 11.8 Å². The highest BCUT2D eigenvalue weighted by molar-refractivity contribution is 5.99. The second-order valence-electron chi connectivity index (χ2n) is 9.62. The molecule has 3 amide bonds. The van der Waals surface area contributed by atoms with Crippen molar-refractivity contribution >= 4 is 17.7 Å². The van der Waals surface area contributed by atoms with E-state index in [0.717, 1.165) is 30.5 Å². The molecule has 2 aromatic carbocycles. The second kappa shape index (κ2) is 11.7. The number of nitrogens with zero attached hydrogens (tertiary/aromatic N) is 2. The van der Waals surface area contributed by atoms with Crippen molar-refractivity contribution in [2.24, 2.45) is 5.73 Å². The largest absolute Gasteiger partial charge is 0.497 e. The summed E-state index contributed by atoms with van der Waals surface area (Å²) in [6.45, 7) is 0.431. The molecule has 1 atom stereocenters. The van der Waals surface area contributed by atoms with Crippen LogP contribution in [0.1, 0.15) is 48.0 Å². The average molecular weight is 515 g/mol. The number of nitrogens with one attached hydrogen (secondary N) is 1. The fourth-order valence-corrected chi connectivity index (χ4v) is 4.98. The fourth-order valence-electron chi connectivity index (χ4n) is 4.98. The van der Waals surface area contributed by atoms with E-state index in [0.29, 0.717) is 31.1 Å². The predicted molar refractivity (Wildman–Crippen MR) is 133 cm³/mol. The van der Waals surface area contributed by atoms with Crippen molar-refractivity contribution in [2.45, 2.75) is 56.8 Å². The van der Waals surface area contributed by atoms with E-state index in [-0.39, 0.29) is 43.1 Å². The smallest absolute Gasteiger partial charge is 0.264 e. The number of rotatable bonds is 6. The fraction of sp³-hybridized carbons (Fsp3) is 0.444. The number of hydrogen-bond donors (Lipinski definition) is 2. The first-order chi connectivity index (χ1) is 17.7. The number of methoxy groups -OCH3 is 1. The Bertz CT molecular complexity index is 1120. The Balaban J connectivity index is 1.60. The molecule has 1 saturated carbocycles. The maximum absolute atomic E-state index is 13.9. The SMILES string of the molecule is COc1ccc(CC(=O)N2CCCN(C(=O)c3cc(F)cc(F)c3)C2C(=O)NC2CCC(N)CC2)cc1. The summed E-state index contributed by atoms with van der Waals surface area (Å²) in [6.07, 6.45) is 2.11. The van der Waals surface area contributed by atoms with Gasteiger partial charge in [0.2, 0.25) is 5.91 Å². The maximum Gasteiger partial charge on any atom is 0.264 e. The zero-order valence-corrected chi connectivity index (χ0v) is 20.8. The van der Waals surface area contributed by atoms with Gasteiger partial charge < -0.3 is 25.6 Å². The van der Waals surface area contributed by atoms with Crippen molar-refractivity contribution < 1.29 is 27.9 Å². The predicted octanol–water partition coefficient (Wildman–Crippen LogP) is 2.60. The van der Waals surface area contributed by atoms with Crippen LogP contribution in [0.5, 0.6) is 5.75 Å². The molecule has 8 nitrogen and oxygen atoms in total. The molecule has 1 aliphatic heterocycles. The van der Waals surface area contributed by atoms with Crippen LogP contribution >= 0.6 is 0 Å². The van der Waals surface area contributed by atoms with Crippen LogP contribution in [0.3, 0.4) is 0 Å². The lowest BCUT2D eigenvalue weighted by molar-refractivity contribution is -0.149. The van der Waals surface area contributed by atoms with Gasteiger partial charge in [0.15, 0.2) is 6.17 Å².